The van der Waals surface area contributed by atoms with Gasteiger partial charge in [-0.2, -0.15) is 0 Å². The maximum absolute atomic E-state index is 13.4. The van der Waals surface area contributed by atoms with Crippen LogP contribution in [0.1, 0.15) is 6.92 Å². The van der Waals surface area contributed by atoms with E-state index < -0.39 is 0 Å². The Morgan fingerprint density at radius 2 is 2.21 bits per heavy atom. The zero-order valence-corrected chi connectivity index (χ0v) is 8.37. The van der Waals surface area contributed by atoms with Crippen LogP contribution in [0.15, 0.2) is 18.2 Å². The largest absolute Gasteiger partial charge is 0.399 e. The van der Waals surface area contributed by atoms with Gasteiger partial charge in [-0.15, -0.1) is 0 Å². The highest BCUT2D eigenvalue weighted by atomic mass is 19.1. The van der Waals surface area contributed by atoms with Crippen LogP contribution >= 0.6 is 0 Å². The van der Waals surface area contributed by atoms with Gasteiger partial charge in [0.15, 0.2) is 0 Å². The summed E-state index contributed by atoms with van der Waals surface area (Å²) in [5.41, 5.74) is 6.27. The molecular weight excluding hydrogens is 183 g/mol. The van der Waals surface area contributed by atoms with Gasteiger partial charge < -0.3 is 15.7 Å². The van der Waals surface area contributed by atoms with Crippen molar-refractivity contribution < 1.29 is 9.50 Å². The molecule has 0 radical (unpaired) electrons. The number of likely N-dealkylation sites (N-methyl/N-ethyl adjacent to an activating group) is 1. The molecule has 1 unspecified atom stereocenters. The quantitative estimate of drug-likeness (QED) is 0.718. The lowest BCUT2D eigenvalue weighted by molar-refractivity contribution is 0.269. The number of nitrogen functional groups attached to an aromatic ring is 1. The van der Waals surface area contributed by atoms with Crippen molar-refractivity contribution in [3.8, 4) is 0 Å². The molecule has 0 saturated carbocycles. The fourth-order valence-electron chi connectivity index (χ4n) is 1.17. The summed E-state index contributed by atoms with van der Waals surface area (Å²) in [6.45, 7) is 1.80. The SMILES string of the molecule is CC(CO)N(C)c1ccc(N)cc1F. The van der Waals surface area contributed by atoms with E-state index in [1.165, 1.54) is 6.07 Å². The third-order valence-electron chi connectivity index (χ3n) is 2.28. The third-order valence-corrected chi connectivity index (χ3v) is 2.28. The highest BCUT2D eigenvalue weighted by molar-refractivity contribution is 5.54. The summed E-state index contributed by atoms with van der Waals surface area (Å²) in [6.07, 6.45) is 0. The van der Waals surface area contributed by atoms with E-state index in [4.69, 9.17) is 10.8 Å². The molecule has 1 rings (SSSR count). The average molecular weight is 198 g/mol. The van der Waals surface area contributed by atoms with Gasteiger partial charge >= 0.3 is 0 Å². The Balaban J connectivity index is 2.95. The first kappa shape index (κ1) is 10.8. The second kappa shape index (κ2) is 4.28. The van der Waals surface area contributed by atoms with Crippen molar-refractivity contribution >= 4 is 11.4 Å². The Hall–Kier alpha value is -1.29. The Kier molecular flexibility index (Phi) is 3.30. The van der Waals surface area contributed by atoms with Crippen LogP contribution in [-0.2, 0) is 0 Å². The Morgan fingerprint density at radius 1 is 1.57 bits per heavy atom. The molecule has 0 bridgehead atoms. The van der Waals surface area contributed by atoms with E-state index in [-0.39, 0.29) is 18.5 Å². The molecule has 4 heteroatoms. The molecule has 0 spiro atoms. The average Bonchev–Trinajstić information content (AvgIpc) is 2.15. The standard InChI is InChI=1S/C10H15FN2O/c1-7(6-14)13(2)10-4-3-8(12)5-9(10)11/h3-5,7,14H,6,12H2,1-2H3. The lowest BCUT2D eigenvalue weighted by Gasteiger charge is -2.25. The molecular formula is C10H15FN2O. The molecule has 3 nitrogen and oxygen atoms in total. The lowest BCUT2D eigenvalue weighted by Crippen LogP contribution is -2.32. The molecule has 0 aliphatic carbocycles. The van der Waals surface area contributed by atoms with Crippen LogP contribution in [0, 0.1) is 5.82 Å². The Bertz CT molecular complexity index is 317. The fraction of sp³-hybridized carbons (Fsp3) is 0.400. The van der Waals surface area contributed by atoms with Crippen molar-refractivity contribution in [2.24, 2.45) is 0 Å². The van der Waals surface area contributed by atoms with Gasteiger partial charge in [0.1, 0.15) is 5.82 Å². The first-order valence-corrected chi connectivity index (χ1v) is 4.45. The van der Waals surface area contributed by atoms with Gasteiger partial charge in [0.05, 0.1) is 12.3 Å². The number of aliphatic hydroxyl groups excluding tert-OH is 1. The summed E-state index contributed by atoms with van der Waals surface area (Å²) in [5, 5.41) is 8.92. The lowest BCUT2D eigenvalue weighted by atomic mass is 10.2. The minimum Gasteiger partial charge on any atom is -0.399 e. The first-order valence-electron chi connectivity index (χ1n) is 4.45. The van der Waals surface area contributed by atoms with Crippen molar-refractivity contribution in [1.29, 1.82) is 0 Å². The molecule has 1 aromatic carbocycles. The Labute approximate surface area is 83.0 Å². The van der Waals surface area contributed by atoms with Crippen LogP contribution in [0.4, 0.5) is 15.8 Å². The number of anilines is 2. The summed E-state index contributed by atoms with van der Waals surface area (Å²) >= 11 is 0. The molecule has 0 amide bonds. The molecule has 0 heterocycles. The number of hydrogen-bond donors (Lipinski definition) is 2. The van der Waals surface area contributed by atoms with Crippen molar-refractivity contribution in [3.05, 3.63) is 24.0 Å². The van der Waals surface area contributed by atoms with E-state index in [1.807, 2.05) is 6.92 Å². The molecule has 0 saturated heterocycles. The van der Waals surface area contributed by atoms with Gasteiger partial charge in [-0.3, -0.25) is 0 Å². The number of halogens is 1. The maximum Gasteiger partial charge on any atom is 0.148 e. The number of nitrogens with zero attached hydrogens (tertiary/aromatic N) is 1. The zero-order chi connectivity index (χ0) is 10.7. The highest BCUT2D eigenvalue weighted by Crippen LogP contribution is 2.21. The van der Waals surface area contributed by atoms with Gasteiger partial charge in [0.2, 0.25) is 0 Å². The van der Waals surface area contributed by atoms with Crippen LogP contribution in [0.3, 0.4) is 0 Å². The van der Waals surface area contributed by atoms with E-state index in [2.05, 4.69) is 0 Å². The minimum atomic E-state index is -0.368. The van der Waals surface area contributed by atoms with E-state index in [9.17, 15) is 4.39 Å². The molecule has 14 heavy (non-hydrogen) atoms. The molecule has 0 aliphatic heterocycles. The summed E-state index contributed by atoms with van der Waals surface area (Å²) in [6, 6.07) is 4.40. The predicted octanol–water partition coefficient (Wildman–Crippen LogP) is 1.22. The molecule has 1 aromatic rings. The smallest absolute Gasteiger partial charge is 0.148 e. The van der Waals surface area contributed by atoms with Crippen molar-refractivity contribution in [3.63, 3.8) is 0 Å². The minimum absolute atomic E-state index is 0.0136. The molecule has 0 fully saturated rings. The van der Waals surface area contributed by atoms with Crippen LogP contribution < -0.4 is 10.6 Å². The van der Waals surface area contributed by atoms with E-state index in [0.717, 1.165) is 0 Å². The summed E-state index contributed by atoms with van der Waals surface area (Å²) in [7, 11) is 1.73. The summed E-state index contributed by atoms with van der Waals surface area (Å²) in [4.78, 5) is 1.68. The molecule has 3 N–H and O–H groups in total. The first-order chi connectivity index (χ1) is 6.56. The second-order valence-electron chi connectivity index (χ2n) is 3.35. The normalized spacial score (nSPS) is 12.6. The van der Waals surface area contributed by atoms with Crippen molar-refractivity contribution in [1.82, 2.24) is 0 Å². The number of rotatable bonds is 3. The van der Waals surface area contributed by atoms with Gasteiger partial charge in [0, 0.05) is 18.8 Å². The van der Waals surface area contributed by atoms with Crippen molar-refractivity contribution in [2.75, 3.05) is 24.3 Å². The van der Waals surface area contributed by atoms with Crippen LogP contribution in [0.5, 0.6) is 0 Å². The van der Waals surface area contributed by atoms with E-state index >= 15 is 0 Å². The van der Waals surface area contributed by atoms with Gasteiger partial charge in [-0.1, -0.05) is 0 Å². The summed E-state index contributed by atoms with van der Waals surface area (Å²) in [5.74, 6) is -0.368. The van der Waals surface area contributed by atoms with Crippen LogP contribution in [0.2, 0.25) is 0 Å². The van der Waals surface area contributed by atoms with Crippen LogP contribution in [-0.4, -0.2) is 24.8 Å². The number of hydrogen-bond acceptors (Lipinski definition) is 3. The number of aliphatic hydroxyl groups is 1. The van der Waals surface area contributed by atoms with E-state index in [1.54, 1.807) is 24.1 Å². The number of nitrogens with two attached hydrogens (primary N) is 1. The van der Waals surface area contributed by atoms with Crippen LogP contribution in [0.25, 0.3) is 0 Å². The third kappa shape index (κ3) is 2.14. The topological polar surface area (TPSA) is 49.5 Å². The molecule has 1 atom stereocenters. The second-order valence-corrected chi connectivity index (χ2v) is 3.35. The van der Waals surface area contributed by atoms with Gasteiger partial charge in [-0.05, 0) is 25.1 Å². The number of benzene rings is 1. The van der Waals surface area contributed by atoms with Crippen molar-refractivity contribution in [2.45, 2.75) is 13.0 Å². The summed E-state index contributed by atoms with van der Waals surface area (Å²) < 4.78 is 13.4. The Morgan fingerprint density at radius 3 is 2.71 bits per heavy atom. The fourth-order valence-corrected chi connectivity index (χ4v) is 1.17. The molecule has 0 aromatic heterocycles. The highest BCUT2D eigenvalue weighted by Gasteiger charge is 2.12. The van der Waals surface area contributed by atoms with Gasteiger partial charge in [0.25, 0.3) is 0 Å². The van der Waals surface area contributed by atoms with Gasteiger partial charge in [-0.25, -0.2) is 4.39 Å². The maximum atomic E-state index is 13.4. The monoisotopic (exact) mass is 198 g/mol. The zero-order valence-electron chi connectivity index (χ0n) is 8.37. The van der Waals surface area contributed by atoms with E-state index in [0.29, 0.717) is 11.4 Å². The molecule has 0 aliphatic rings. The predicted molar refractivity (Wildman–Crippen MR) is 55.8 cm³/mol. The molecule has 78 valence electrons.